The van der Waals surface area contributed by atoms with Gasteiger partial charge in [-0.3, -0.25) is 4.79 Å². The van der Waals surface area contributed by atoms with E-state index in [1.165, 1.54) is 0 Å². The fraction of sp³-hybridized carbons (Fsp3) is 0.267. The minimum atomic E-state index is -0.164. The number of rotatable bonds is 10. The summed E-state index contributed by atoms with van der Waals surface area (Å²) in [6, 6.07) is 27.7. The second-order valence-corrected chi connectivity index (χ2v) is 8.52. The summed E-state index contributed by atoms with van der Waals surface area (Å²) in [6.07, 6.45) is 2.87. The van der Waals surface area contributed by atoms with Gasteiger partial charge in [0.15, 0.2) is 0 Å². The van der Waals surface area contributed by atoms with Gasteiger partial charge >= 0.3 is 0 Å². The van der Waals surface area contributed by atoms with Crippen LogP contribution in [0.4, 0.5) is 0 Å². The molecule has 1 aromatic heterocycles. The first-order valence-electron chi connectivity index (χ1n) is 12.3. The quantitative estimate of drug-likeness (QED) is 0.276. The van der Waals surface area contributed by atoms with Crippen molar-refractivity contribution in [2.75, 3.05) is 7.11 Å². The SMILES string of the molecule is CCCCC(NC(=O)c1c(-c2ccccc2)nc(-c2ccccc2)n1CC)c1ccccc1OC. The van der Waals surface area contributed by atoms with Crippen LogP contribution in [0.15, 0.2) is 84.9 Å². The van der Waals surface area contributed by atoms with E-state index in [1.807, 2.05) is 89.5 Å². The molecular formula is C30H33N3O2. The van der Waals surface area contributed by atoms with Crippen molar-refractivity contribution in [3.63, 3.8) is 0 Å². The number of aromatic nitrogens is 2. The van der Waals surface area contributed by atoms with Gasteiger partial charge in [-0.2, -0.15) is 0 Å². The molecule has 5 heteroatoms. The lowest BCUT2D eigenvalue weighted by Crippen LogP contribution is -2.31. The van der Waals surface area contributed by atoms with Crippen LogP contribution in [0.25, 0.3) is 22.6 Å². The third kappa shape index (κ3) is 5.29. The Hall–Kier alpha value is -3.86. The van der Waals surface area contributed by atoms with E-state index in [1.54, 1.807) is 7.11 Å². The minimum absolute atomic E-state index is 0.132. The number of ether oxygens (including phenoxy) is 1. The first kappa shape index (κ1) is 24.3. The third-order valence-corrected chi connectivity index (χ3v) is 6.24. The van der Waals surface area contributed by atoms with E-state index in [2.05, 4.69) is 19.2 Å². The number of nitrogens with one attached hydrogen (secondary N) is 1. The van der Waals surface area contributed by atoms with Crippen molar-refractivity contribution >= 4 is 5.91 Å². The molecule has 0 saturated carbocycles. The highest BCUT2D eigenvalue weighted by atomic mass is 16.5. The Morgan fingerprint density at radius 2 is 1.54 bits per heavy atom. The topological polar surface area (TPSA) is 56.2 Å². The zero-order valence-electron chi connectivity index (χ0n) is 20.7. The molecule has 1 N–H and O–H groups in total. The van der Waals surface area contributed by atoms with Gasteiger partial charge < -0.3 is 14.6 Å². The Labute approximate surface area is 207 Å². The van der Waals surface area contributed by atoms with Gasteiger partial charge in [0.2, 0.25) is 0 Å². The molecule has 0 radical (unpaired) electrons. The molecule has 1 unspecified atom stereocenters. The van der Waals surface area contributed by atoms with Gasteiger partial charge in [0.1, 0.15) is 23.0 Å². The Kier molecular flexibility index (Phi) is 7.99. The van der Waals surface area contributed by atoms with Crippen LogP contribution in [0, 0.1) is 0 Å². The molecule has 4 rings (SSSR count). The van der Waals surface area contributed by atoms with E-state index < -0.39 is 0 Å². The van der Waals surface area contributed by atoms with Gasteiger partial charge in [-0.15, -0.1) is 0 Å². The zero-order valence-corrected chi connectivity index (χ0v) is 20.7. The van der Waals surface area contributed by atoms with Crippen LogP contribution in [-0.4, -0.2) is 22.6 Å². The van der Waals surface area contributed by atoms with E-state index in [-0.39, 0.29) is 11.9 Å². The number of amides is 1. The molecule has 1 atom stereocenters. The molecule has 0 aliphatic heterocycles. The second-order valence-electron chi connectivity index (χ2n) is 8.52. The second kappa shape index (κ2) is 11.5. The zero-order chi connectivity index (χ0) is 24.6. The molecule has 4 aromatic rings. The van der Waals surface area contributed by atoms with Crippen molar-refractivity contribution < 1.29 is 9.53 Å². The number of carbonyl (C=O) groups excluding carboxylic acids is 1. The summed E-state index contributed by atoms with van der Waals surface area (Å²) in [5, 5.41) is 3.33. The highest BCUT2D eigenvalue weighted by Gasteiger charge is 2.27. The van der Waals surface area contributed by atoms with Crippen molar-refractivity contribution in [3.8, 4) is 28.4 Å². The summed E-state index contributed by atoms with van der Waals surface area (Å²) in [5.74, 6) is 1.44. The molecule has 3 aromatic carbocycles. The monoisotopic (exact) mass is 467 g/mol. The van der Waals surface area contributed by atoms with Gasteiger partial charge in [0.05, 0.1) is 13.2 Å². The highest BCUT2D eigenvalue weighted by molar-refractivity contribution is 5.99. The van der Waals surface area contributed by atoms with Crippen molar-refractivity contribution in [2.45, 2.75) is 45.7 Å². The molecule has 1 amide bonds. The normalized spacial score (nSPS) is 11.7. The first-order valence-corrected chi connectivity index (χ1v) is 12.3. The summed E-state index contributed by atoms with van der Waals surface area (Å²) in [6.45, 7) is 4.84. The third-order valence-electron chi connectivity index (χ3n) is 6.24. The molecular weight excluding hydrogens is 434 g/mol. The lowest BCUT2D eigenvalue weighted by Gasteiger charge is -2.22. The van der Waals surface area contributed by atoms with Gasteiger partial charge in [0.25, 0.3) is 5.91 Å². The predicted molar refractivity (Wildman–Crippen MR) is 141 cm³/mol. The number of benzene rings is 3. The summed E-state index contributed by atoms with van der Waals surface area (Å²) in [7, 11) is 1.67. The van der Waals surface area contributed by atoms with Crippen molar-refractivity contribution in [1.29, 1.82) is 0 Å². The number of hydrogen-bond donors (Lipinski definition) is 1. The van der Waals surface area contributed by atoms with E-state index in [0.717, 1.165) is 47.5 Å². The van der Waals surface area contributed by atoms with Gasteiger partial charge in [0, 0.05) is 23.2 Å². The van der Waals surface area contributed by atoms with Crippen LogP contribution in [0.3, 0.4) is 0 Å². The number of methoxy groups -OCH3 is 1. The maximum Gasteiger partial charge on any atom is 0.270 e. The van der Waals surface area contributed by atoms with Gasteiger partial charge in [-0.1, -0.05) is 98.6 Å². The summed E-state index contributed by atoms with van der Waals surface area (Å²) >= 11 is 0. The smallest absolute Gasteiger partial charge is 0.270 e. The molecule has 1 heterocycles. The van der Waals surface area contributed by atoms with E-state index in [4.69, 9.17) is 9.72 Å². The van der Waals surface area contributed by atoms with Crippen LogP contribution >= 0.6 is 0 Å². The summed E-state index contributed by atoms with van der Waals surface area (Å²) in [5.41, 5.74) is 4.17. The Morgan fingerprint density at radius 1 is 0.914 bits per heavy atom. The molecule has 0 fully saturated rings. The number of hydrogen-bond acceptors (Lipinski definition) is 3. The number of para-hydroxylation sites is 1. The average Bonchev–Trinajstić information content (AvgIpc) is 3.32. The van der Waals surface area contributed by atoms with E-state index in [0.29, 0.717) is 17.9 Å². The van der Waals surface area contributed by atoms with Crippen molar-refractivity contribution in [2.24, 2.45) is 0 Å². The number of nitrogens with zero attached hydrogens (tertiary/aromatic N) is 2. The molecule has 180 valence electrons. The summed E-state index contributed by atoms with van der Waals surface area (Å²) in [4.78, 5) is 19.0. The van der Waals surface area contributed by atoms with Crippen LogP contribution in [0.2, 0.25) is 0 Å². The lowest BCUT2D eigenvalue weighted by molar-refractivity contribution is 0.0925. The van der Waals surface area contributed by atoms with Gasteiger partial charge in [-0.25, -0.2) is 4.98 Å². The molecule has 35 heavy (non-hydrogen) atoms. The number of carbonyl (C=O) groups is 1. The maximum absolute atomic E-state index is 14.0. The largest absolute Gasteiger partial charge is 0.496 e. The van der Waals surface area contributed by atoms with Crippen LogP contribution < -0.4 is 10.1 Å². The Balaban J connectivity index is 1.81. The maximum atomic E-state index is 14.0. The minimum Gasteiger partial charge on any atom is -0.496 e. The molecule has 0 aliphatic carbocycles. The highest BCUT2D eigenvalue weighted by Crippen LogP contribution is 2.32. The molecule has 0 aliphatic rings. The van der Waals surface area contributed by atoms with E-state index >= 15 is 0 Å². The van der Waals surface area contributed by atoms with Crippen LogP contribution in [-0.2, 0) is 6.54 Å². The lowest BCUT2D eigenvalue weighted by atomic mass is 9.99. The Bertz CT molecular complexity index is 1250. The van der Waals surface area contributed by atoms with Crippen LogP contribution in [0.1, 0.15) is 55.2 Å². The fourth-order valence-corrected chi connectivity index (χ4v) is 4.49. The standard InChI is InChI=1S/C30H33N3O2/c1-4-6-20-25(24-19-13-14-21-26(24)35-3)31-30(34)28-27(22-15-9-7-10-16-22)32-29(33(28)5-2)23-17-11-8-12-18-23/h7-19,21,25H,4-6,20H2,1-3H3,(H,31,34). The molecule has 5 nitrogen and oxygen atoms in total. The fourth-order valence-electron chi connectivity index (χ4n) is 4.49. The average molecular weight is 468 g/mol. The van der Waals surface area contributed by atoms with Crippen LogP contribution in [0.5, 0.6) is 5.75 Å². The van der Waals surface area contributed by atoms with Crippen molar-refractivity contribution in [3.05, 3.63) is 96.2 Å². The van der Waals surface area contributed by atoms with Crippen molar-refractivity contribution in [1.82, 2.24) is 14.9 Å². The first-order chi connectivity index (χ1) is 17.2. The molecule has 0 saturated heterocycles. The molecule has 0 spiro atoms. The summed E-state index contributed by atoms with van der Waals surface area (Å²) < 4.78 is 7.64. The predicted octanol–water partition coefficient (Wildman–Crippen LogP) is 6.91. The van der Waals surface area contributed by atoms with E-state index in [9.17, 15) is 4.79 Å². The Morgan fingerprint density at radius 3 is 2.17 bits per heavy atom. The number of unbranched alkanes of at least 4 members (excludes halogenated alkanes) is 1. The number of imidazole rings is 1. The molecule has 0 bridgehead atoms. The van der Waals surface area contributed by atoms with Gasteiger partial charge in [-0.05, 0) is 19.4 Å².